The monoisotopic (exact) mass is 317 g/mol. The van der Waals surface area contributed by atoms with E-state index >= 15 is 0 Å². The van der Waals surface area contributed by atoms with Crippen molar-refractivity contribution in [2.24, 2.45) is 0 Å². The first-order valence-electron chi connectivity index (χ1n) is 7.22. The molecule has 0 aliphatic rings. The van der Waals surface area contributed by atoms with Crippen LogP contribution in [0.15, 0.2) is 48.5 Å². The van der Waals surface area contributed by atoms with E-state index in [1.54, 1.807) is 18.2 Å². The zero-order valence-electron chi connectivity index (χ0n) is 12.5. The van der Waals surface area contributed by atoms with Gasteiger partial charge in [-0.15, -0.1) is 0 Å². The van der Waals surface area contributed by atoms with E-state index in [2.05, 4.69) is 18.4 Å². The third kappa shape index (κ3) is 2.95. The van der Waals surface area contributed by atoms with E-state index < -0.39 is 0 Å². The van der Waals surface area contributed by atoms with E-state index in [1.807, 2.05) is 24.3 Å². The van der Waals surface area contributed by atoms with Crippen molar-refractivity contribution in [3.05, 3.63) is 65.1 Å². The van der Waals surface area contributed by atoms with Crippen LogP contribution >= 0.6 is 11.6 Å². The smallest absolute Gasteiger partial charge is 0.128 e. The van der Waals surface area contributed by atoms with Crippen molar-refractivity contribution in [3.8, 4) is 5.75 Å². The molecule has 3 rings (SSSR count). The summed E-state index contributed by atoms with van der Waals surface area (Å²) in [6.45, 7) is 4.56. The fraction of sp³-hybridized carbons (Fsp3) is 0.222. The number of aromatic nitrogens is 1. The summed E-state index contributed by atoms with van der Waals surface area (Å²) < 4.78 is 21.4. The van der Waals surface area contributed by atoms with Crippen LogP contribution in [0.2, 0.25) is 5.02 Å². The van der Waals surface area contributed by atoms with Crippen LogP contribution in [-0.2, 0) is 6.61 Å². The van der Waals surface area contributed by atoms with Gasteiger partial charge in [-0.05, 0) is 56.3 Å². The van der Waals surface area contributed by atoms with E-state index in [9.17, 15) is 4.39 Å². The zero-order chi connectivity index (χ0) is 15.7. The third-order valence-corrected chi connectivity index (χ3v) is 3.82. The summed E-state index contributed by atoms with van der Waals surface area (Å²) in [7, 11) is 0. The molecule has 2 nitrogen and oxygen atoms in total. The molecule has 2 aromatic carbocycles. The van der Waals surface area contributed by atoms with Gasteiger partial charge in [0.25, 0.3) is 0 Å². The Morgan fingerprint density at radius 1 is 1.14 bits per heavy atom. The molecule has 1 aromatic heterocycles. The highest BCUT2D eigenvalue weighted by molar-refractivity contribution is 6.30. The van der Waals surface area contributed by atoms with Gasteiger partial charge < -0.3 is 9.30 Å². The van der Waals surface area contributed by atoms with Crippen molar-refractivity contribution in [2.75, 3.05) is 0 Å². The minimum Gasteiger partial charge on any atom is -0.487 e. The predicted molar refractivity (Wildman–Crippen MR) is 88.1 cm³/mol. The van der Waals surface area contributed by atoms with E-state index in [4.69, 9.17) is 16.3 Å². The average molecular weight is 318 g/mol. The van der Waals surface area contributed by atoms with E-state index in [0.717, 1.165) is 22.3 Å². The molecule has 1 heterocycles. The number of fused-ring (bicyclic) bond motifs is 1. The quantitative estimate of drug-likeness (QED) is 0.611. The molecule has 0 saturated heterocycles. The number of halogens is 2. The second kappa shape index (κ2) is 6.01. The van der Waals surface area contributed by atoms with Gasteiger partial charge in [0.05, 0.1) is 11.2 Å². The molecule has 4 heteroatoms. The average Bonchev–Trinajstić information content (AvgIpc) is 2.83. The van der Waals surface area contributed by atoms with Crippen molar-refractivity contribution in [1.82, 2.24) is 4.57 Å². The molecule has 0 atom stereocenters. The Kier molecular flexibility index (Phi) is 4.08. The molecule has 3 aromatic rings. The minimum atomic E-state index is -0.227. The zero-order valence-corrected chi connectivity index (χ0v) is 13.3. The maximum Gasteiger partial charge on any atom is 0.128 e. The fourth-order valence-electron chi connectivity index (χ4n) is 2.69. The summed E-state index contributed by atoms with van der Waals surface area (Å²) in [5.41, 5.74) is 1.90. The summed E-state index contributed by atoms with van der Waals surface area (Å²) >= 11 is 5.96. The topological polar surface area (TPSA) is 14.2 Å². The maximum absolute atomic E-state index is 13.5. The highest BCUT2D eigenvalue weighted by atomic mass is 35.5. The second-order valence-electron chi connectivity index (χ2n) is 5.55. The lowest BCUT2D eigenvalue weighted by atomic mass is 10.2. The Balaban J connectivity index is 1.94. The van der Waals surface area contributed by atoms with Crippen LogP contribution in [0.25, 0.3) is 10.9 Å². The lowest BCUT2D eigenvalue weighted by Gasteiger charge is -2.15. The summed E-state index contributed by atoms with van der Waals surface area (Å²) in [5.74, 6) is 0.494. The van der Waals surface area contributed by atoms with Crippen LogP contribution < -0.4 is 4.74 Å². The molecule has 0 saturated carbocycles. The van der Waals surface area contributed by atoms with Crippen LogP contribution in [0.4, 0.5) is 4.39 Å². The lowest BCUT2D eigenvalue weighted by Crippen LogP contribution is -2.08. The van der Waals surface area contributed by atoms with Gasteiger partial charge in [-0.25, -0.2) is 4.39 Å². The molecular formula is C18H17ClFNO. The first kappa shape index (κ1) is 14.9. The minimum absolute atomic E-state index is 0.220. The van der Waals surface area contributed by atoms with Crippen molar-refractivity contribution in [3.63, 3.8) is 0 Å². The fourth-order valence-corrected chi connectivity index (χ4v) is 2.87. The highest BCUT2D eigenvalue weighted by Crippen LogP contribution is 2.26. The lowest BCUT2D eigenvalue weighted by molar-refractivity contribution is 0.293. The van der Waals surface area contributed by atoms with Gasteiger partial charge in [-0.1, -0.05) is 17.7 Å². The van der Waals surface area contributed by atoms with E-state index in [-0.39, 0.29) is 11.9 Å². The summed E-state index contributed by atoms with van der Waals surface area (Å²) in [6.07, 6.45) is 0. The van der Waals surface area contributed by atoms with Gasteiger partial charge in [-0.2, -0.15) is 0 Å². The van der Waals surface area contributed by atoms with E-state index in [0.29, 0.717) is 11.6 Å². The summed E-state index contributed by atoms with van der Waals surface area (Å²) in [6, 6.07) is 14.4. The molecule has 0 unspecified atom stereocenters. The Morgan fingerprint density at radius 3 is 2.68 bits per heavy atom. The second-order valence-corrected chi connectivity index (χ2v) is 5.99. The van der Waals surface area contributed by atoms with Gasteiger partial charge in [0.1, 0.15) is 18.2 Å². The first-order valence-corrected chi connectivity index (χ1v) is 7.60. The van der Waals surface area contributed by atoms with E-state index in [1.165, 1.54) is 6.07 Å². The van der Waals surface area contributed by atoms with Gasteiger partial charge in [0.15, 0.2) is 0 Å². The molecule has 0 bridgehead atoms. The molecule has 0 N–H and O–H groups in total. The Hall–Kier alpha value is -2.00. The molecule has 0 fully saturated rings. The Morgan fingerprint density at radius 2 is 1.95 bits per heavy atom. The van der Waals surface area contributed by atoms with Crippen molar-refractivity contribution in [1.29, 1.82) is 0 Å². The molecule has 0 amide bonds. The highest BCUT2D eigenvalue weighted by Gasteiger charge is 2.12. The van der Waals surface area contributed by atoms with Crippen LogP contribution in [0, 0.1) is 5.82 Å². The Bertz CT molecular complexity index is 810. The van der Waals surface area contributed by atoms with Gasteiger partial charge in [-0.3, -0.25) is 0 Å². The van der Waals surface area contributed by atoms with Gasteiger partial charge in [0, 0.05) is 16.5 Å². The first-order chi connectivity index (χ1) is 10.5. The molecule has 22 heavy (non-hydrogen) atoms. The third-order valence-electron chi connectivity index (χ3n) is 3.58. The predicted octanol–water partition coefficient (Wildman–Crippen LogP) is 5.59. The molecule has 0 radical (unpaired) electrons. The largest absolute Gasteiger partial charge is 0.487 e. The van der Waals surface area contributed by atoms with Crippen molar-refractivity contribution >= 4 is 22.5 Å². The SMILES string of the molecule is CC(C)n1c(COc2cccc(Cl)c2)cc2ccc(F)cc21. The molecule has 0 spiro atoms. The summed E-state index contributed by atoms with van der Waals surface area (Å²) in [4.78, 5) is 0. The number of rotatable bonds is 4. The number of hydrogen-bond acceptors (Lipinski definition) is 1. The van der Waals surface area contributed by atoms with Gasteiger partial charge >= 0.3 is 0 Å². The molecular weight excluding hydrogens is 301 g/mol. The number of ether oxygens (including phenoxy) is 1. The van der Waals surface area contributed by atoms with Crippen molar-refractivity contribution < 1.29 is 9.13 Å². The maximum atomic E-state index is 13.5. The Labute approximate surface area is 134 Å². The summed E-state index contributed by atoms with van der Waals surface area (Å²) in [5, 5.41) is 1.66. The van der Waals surface area contributed by atoms with Crippen LogP contribution in [0.5, 0.6) is 5.75 Å². The molecule has 0 aliphatic carbocycles. The number of nitrogens with zero attached hydrogens (tertiary/aromatic N) is 1. The standard InChI is InChI=1S/C18H17ClFNO/c1-12(2)21-16(8-13-6-7-15(20)10-18(13)21)11-22-17-5-3-4-14(19)9-17/h3-10,12H,11H2,1-2H3. The number of benzene rings is 2. The molecule has 0 aliphatic heterocycles. The van der Waals surface area contributed by atoms with Gasteiger partial charge in [0.2, 0.25) is 0 Å². The van der Waals surface area contributed by atoms with Crippen LogP contribution in [0.3, 0.4) is 0 Å². The van der Waals surface area contributed by atoms with Crippen LogP contribution in [0.1, 0.15) is 25.6 Å². The van der Waals surface area contributed by atoms with Crippen molar-refractivity contribution in [2.45, 2.75) is 26.5 Å². The van der Waals surface area contributed by atoms with Crippen LogP contribution in [-0.4, -0.2) is 4.57 Å². The number of hydrogen-bond donors (Lipinski definition) is 0. The normalized spacial score (nSPS) is 11.3. The molecule has 114 valence electrons.